The summed E-state index contributed by atoms with van der Waals surface area (Å²) in [6.45, 7) is 2.67. The van der Waals surface area contributed by atoms with Crippen molar-refractivity contribution in [1.82, 2.24) is 15.0 Å². The van der Waals surface area contributed by atoms with Gasteiger partial charge in [-0.3, -0.25) is 0 Å². The van der Waals surface area contributed by atoms with Gasteiger partial charge in [-0.05, 0) is 67.5 Å². The van der Waals surface area contributed by atoms with Crippen LogP contribution in [0.1, 0.15) is 30.9 Å². The number of fused-ring (bicyclic) bond motifs is 1. The Hall–Kier alpha value is -1.88. The zero-order valence-corrected chi connectivity index (χ0v) is 12.7. The summed E-state index contributed by atoms with van der Waals surface area (Å²) in [6.07, 6.45) is 4.76. The van der Waals surface area contributed by atoms with Gasteiger partial charge in [0.05, 0.1) is 0 Å². The molecule has 0 aliphatic heterocycles. The molecular formula is C15H17ClN4O. The maximum Gasteiger partial charge on any atom is 0.328 e. The van der Waals surface area contributed by atoms with Crippen molar-refractivity contribution in [2.24, 2.45) is 0 Å². The number of rotatable bonds is 4. The Morgan fingerprint density at radius 1 is 1.14 bits per heavy atom. The van der Waals surface area contributed by atoms with Crippen LogP contribution in [0.5, 0.6) is 11.8 Å². The first-order chi connectivity index (χ1) is 10.2. The number of aryl methyl sites for hydroxylation is 2. The fourth-order valence-electron chi connectivity index (χ4n) is 2.49. The van der Waals surface area contributed by atoms with E-state index in [4.69, 9.17) is 16.3 Å². The molecule has 0 amide bonds. The molecule has 3 rings (SSSR count). The number of ether oxygens (including phenoxy) is 1. The molecule has 1 N–H and O–H groups in total. The molecule has 0 saturated carbocycles. The minimum absolute atomic E-state index is 0.119. The van der Waals surface area contributed by atoms with Crippen LogP contribution < -0.4 is 10.1 Å². The Bertz CT molecular complexity index is 648. The second kappa shape index (κ2) is 6.26. The molecule has 0 spiro atoms. The fraction of sp³-hybridized carbons (Fsp3) is 0.400. The zero-order chi connectivity index (χ0) is 14.7. The molecule has 0 unspecified atom stereocenters. The van der Waals surface area contributed by atoms with Gasteiger partial charge >= 0.3 is 6.01 Å². The van der Waals surface area contributed by atoms with Crippen molar-refractivity contribution in [2.45, 2.75) is 32.6 Å². The zero-order valence-electron chi connectivity index (χ0n) is 11.9. The van der Waals surface area contributed by atoms with Crippen molar-refractivity contribution < 1.29 is 4.74 Å². The highest BCUT2D eigenvalue weighted by atomic mass is 35.5. The second-order valence-electron chi connectivity index (χ2n) is 4.98. The summed E-state index contributed by atoms with van der Waals surface area (Å²) in [5, 5.41) is 3.12. The van der Waals surface area contributed by atoms with E-state index in [9.17, 15) is 0 Å². The lowest BCUT2D eigenvalue weighted by atomic mass is 9.92. The van der Waals surface area contributed by atoms with Crippen LogP contribution in [0.25, 0.3) is 0 Å². The first-order valence-electron chi connectivity index (χ1n) is 7.19. The number of nitrogens with one attached hydrogen (secondary N) is 1. The van der Waals surface area contributed by atoms with Gasteiger partial charge in [0.25, 0.3) is 0 Å². The molecular weight excluding hydrogens is 288 g/mol. The number of hydrogen-bond acceptors (Lipinski definition) is 5. The van der Waals surface area contributed by atoms with Gasteiger partial charge in [0.2, 0.25) is 11.2 Å². The number of benzene rings is 1. The van der Waals surface area contributed by atoms with Gasteiger partial charge in [-0.1, -0.05) is 6.07 Å². The topological polar surface area (TPSA) is 59.9 Å². The lowest BCUT2D eigenvalue weighted by molar-refractivity contribution is 0.439. The van der Waals surface area contributed by atoms with Crippen LogP contribution in [0.15, 0.2) is 18.2 Å². The van der Waals surface area contributed by atoms with Crippen molar-refractivity contribution in [3.8, 4) is 11.8 Å². The first kappa shape index (κ1) is 14.1. The van der Waals surface area contributed by atoms with Gasteiger partial charge in [0.15, 0.2) is 0 Å². The van der Waals surface area contributed by atoms with E-state index < -0.39 is 0 Å². The number of anilines is 1. The Morgan fingerprint density at radius 3 is 2.76 bits per heavy atom. The van der Waals surface area contributed by atoms with E-state index in [0.29, 0.717) is 12.5 Å². The van der Waals surface area contributed by atoms with Gasteiger partial charge < -0.3 is 10.1 Å². The molecule has 21 heavy (non-hydrogen) atoms. The monoisotopic (exact) mass is 304 g/mol. The van der Waals surface area contributed by atoms with E-state index in [1.807, 2.05) is 13.0 Å². The molecule has 1 aliphatic rings. The standard InChI is InChI=1S/C15H17ClN4O/c1-2-17-14-18-13(16)19-15(20-14)21-12-8-7-10-5-3-4-6-11(10)9-12/h7-9H,2-6H2,1H3,(H,17,18,19,20). The maximum atomic E-state index is 5.89. The van der Waals surface area contributed by atoms with Crippen LogP contribution in [0.2, 0.25) is 5.28 Å². The molecule has 5 nitrogen and oxygen atoms in total. The van der Waals surface area contributed by atoms with Crippen molar-refractivity contribution in [2.75, 3.05) is 11.9 Å². The number of halogens is 1. The molecule has 0 saturated heterocycles. The predicted molar refractivity (Wildman–Crippen MR) is 82.2 cm³/mol. The van der Waals surface area contributed by atoms with E-state index in [1.165, 1.54) is 24.0 Å². The van der Waals surface area contributed by atoms with E-state index in [0.717, 1.165) is 18.6 Å². The third-order valence-electron chi connectivity index (χ3n) is 3.45. The smallest absolute Gasteiger partial charge is 0.328 e. The minimum Gasteiger partial charge on any atom is -0.424 e. The lowest BCUT2D eigenvalue weighted by Crippen LogP contribution is -2.05. The van der Waals surface area contributed by atoms with Gasteiger partial charge in [-0.15, -0.1) is 0 Å². The van der Waals surface area contributed by atoms with Crippen LogP contribution in [0.4, 0.5) is 5.95 Å². The molecule has 1 heterocycles. The normalized spacial score (nSPS) is 13.6. The molecule has 0 radical (unpaired) electrons. The van der Waals surface area contributed by atoms with Crippen molar-refractivity contribution in [3.63, 3.8) is 0 Å². The van der Waals surface area contributed by atoms with Gasteiger partial charge in [-0.2, -0.15) is 15.0 Å². The van der Waals surface area contributed by atoms with Gasteiger partial charge in [0.1, 0.15) is 5.75 Å². The molecule has 1 aliphatic carbocycles. The lowest BCUT2D eigenvalue weighted by Gasteiger charge is -2.16. The summed E-state index contributed by atoms with van der Waals surface area (Å²) in [5.41, 5.74) is 2.77. The summed E-state index contributed by atoms with van der Waals surface area (Å²) < 4.78 is 5.73. The Kier molecular flexibility index (Phi) is 4.20. The van der Waals surface area contributed by atoms with Gasteiger partial charge in [-0.25, -0.2) is 0 Å². The van der Waals surface area contributed by atoms with E-state index in [-0.39, 0.29) is 11.3 Å². The maximum absolute atomic E-state index is 5.89. The van der Waals surface area contributed by atoms with Crippen molar-refractivity contribution in [3.05, 3.63) is 34.6 Å². The number of nitrogens with zero attached hydrogens (tertiary/aromatic N) is 3. The van der Waals surface area contributed by atoms with E-state index in [1.54, 1.807) is 0 Å². The quantitative estimate of drug-likeness (QED) is 0.934. The van der Waals surface area contributed by atoms with E-state index in [2.05, 4.69) is 32.4 Å². The summed E-state index contributed by atoms with van der Waals surface area (Å²) >= 11 is 5.89. The molecule has 6 heteroatoms. The van der Waals surface area contributed by atoms with Crippen LogP contribution >= 0.6 is 11.6 Å². The third kappa shape index (κ3) is 3.42. The largest absolute Gasteiger partial charge is 0.424 e. The van der Waals surface area contributed by atoms with Crippen LogP contribution in [0, 0.1) is 0 Å². The molecule has 0 bridgehead atoms. The average Bonchev–Trinajstić information content (AvgIpc) is 2.47. The van der Waals surface area contributed by atoms with Crippen molar-refractivity contribution >= 4 is 17.5 Å². The molecule has 0 atom stereocenters. The van der Waals surface area contributed by atoms with Crippen molar-refractivity contribution in [1.29, 1.82) is 0 Å². The van der Waals surface area contributed by atoms with E-state index >= 15 is 0 Å². The molecule has 0 fully saturated rings. The molecule has 1 aromatic carbocycles. The summed E-state index contributed by atoms with van der Waals surface area (Å²) in [4.78, 5) is 12.2. The fourth-order valence-corrected chi connectivity index (χ4v) is 2.65. The summed E-state index contributed by atoms with van der Waals surface area (Å²) in [7, 11) is 0. The second-order valence-corrected chi connectivity index (χ2v) is 5.32. The number of aromatic nitrogens is 3. The summed E-state index contributed by atoms with van der Waals surface area (Å²) in [5.74, 6) is 1.16. The first-order valence-corrected chi connectivity index (χ1v) is 7.57. The van der Waals surface area contributed by atoms with Gasteiger partial charge in [0, 0.05) is 6.54 Å². The highest BCUT2D eigenvalue weighted by molar-refractivity contribution is 6.28. The highest BCUT2D eigenvalue weighted by Gasteiger charge is 2.12. The third-order valence-corrected chi connectivity index (χ3v) is 3.62. The number of hydrogen-bond donors (Lipinski definition) is 1. The molecule has 2 aromatic rings. The SMILES string of the molecule is CCNc1nc(Cl)nc(Oc2ccc3c(c2)CCCC3)n1. The highest BCUT2D eigenvalue weighted by Crippen LogP contribution is 2.27. The Balaban J connectivity index is 1.83. The predicted octanol–water partition coefficient (Wildman–Crippen LogP) is 3.63. The molecule has 110 valence electrons. The summed E-state index contributed by atoms with van der Waals surface area (Å²) in [6, 6.07) is 6.35. The Labute approximate surface area is 128 Å². The minimum atomic E-state index is 0.119. The van der Waals surface area contributed by atoms with Crippen LogP contribution in [-0.4, -0.2) is 21.5 Å². The average molecular weight is 305 g/mol. The molecule has 1 aromatic heterocycles. The Morgan fingerprint density at radius 2 is 1.95 bits per heavy atom. The van der Waals surface area contributed by atoms with Crippen LogP contribution in [0.3, 0.4) is 0 Å². The van der Waals surface area contributed by atoms with Crippen LogP contribution in [-0.2, 0) is 12.8 Å².